The summed E-state index contributed by atoms with van der Waals surface area (Å²) in [5, 5.41) is 3.24. The summed E-state index contributed by atoms with van der Waals surface area (Å²) in [5.74, 6) is 6.74. The van der Waals surface area contributed by atoms with E-state index in [1.54, 1.807) is 4.90 Å². The van der Waals surface area contributed by atoms with E-state index in [9.17, 15) is 0 Å². The second-order valence-corrected chi connectivity index (χ2v) is 4.81. The Kier molecular flexibility index (Phi) is 4.33. The van der Waals surface area contributed by atoms with Crippen molar-refractivity contribution in [2.45, 2.75) is 31.9 Å². The summed E-state index contributed by atoms with van der Waals surface area (Å²) in [6.45, 7) is 2.89. The SMILES string of the molecule is CC(Nc1nc(NN)nc(N(C)C)n1)C1CCCO1. The number of aromatic nitrogens is 3. The minimum Gasteiger partial charge on any atom is -0.376 e. The lowest BCUT2D eigenvalue weighted by atomic mass is 10.1. The Balaban J connectivity index is 2.11. The quantitative estimate of drug-likeness (QED) is 0.514. The van der Waals surface area contributed by atoms with Gasteiger partial charge in [0.05, 0.1) is 12.1 Å². The molecule has 0 aromatic carbocycles. The number of nitrogen functional groups attached to an aromatic ring is 1. The Labute approximate surface area is 112 Å². The molecule has 0 aliphatic carbocycles. The number of nitrogens with zero attached hydrogens (tertiary/aromatic N) is 4. The third kappa shape index (κ3) is 3.42. The molecule has 1 aromatic heterocycles. The van der Waals surface area contributed by atoms with E-state index in [1.807, 2.05) is 14.1 Å². The number of hydrazine groups is 1. The molecule has 0 radical (unpaired) electrons. The third-order valence-electron chi connectivity index (χ3n) is 3.03. The van der Waals surface area contributed by atoms with Crippen LogP contribution in [0.2, 0.25) is 0 Å². The number of rotatable bonds is 5. The van der Waals surface area contributed by atoms with Crippen LogP contribution >= 0.6 is 0 Å². The minimum absolute atomic E-state index is 0.144. The molecule has 4 N–H and O–H groups in total. The molecule has 8 heteroatoms. The molecule has 19 heavy (non-hydrogen) atoms. The molecule has 2 unspecified atom stereocenters. The number of nitrogens with two attached hydrogens (primary N) is 1. The van der Waals surface area contributed by atoms with Crippen LogP contribution < -0.4 is 21.5 Å². The van der Waals surface area contributed by atoms with Crippen LogP contribution in [-0.4, -0.2) is 47.8 Å². The van der Waals surface area contributed by atoms with E-state index >= 15 is 0 Å². The molecule has 106 valence electrons. The molecule has 2 atom stereocenters. The van der Waals surface area contributed by atoms with Gasteiger partial charge in [0.1, 0.15) is 0 Å². The molecule has 1 saturated heterocycles. The van der Waals surface area contributed by atoms with Crippen molar-refractivity contribution < 1.29 is 4.74 Å². The first-order chi connectivity index (χ1) is 9.10. The summed E-state index contributed by atoms with van der Waals surface area (Å²) in [4.78, 5) is 14.5. The summed E-state index contributed by atoms with van der Waals surface area (Å²) < 4.78 is 5.64. The van der Waals surface area contributed by atoms with Gasteiger partial charge in [-0.25, -0.2) is 5.84 Å². The zero-order chi connectivity index (χ0) is 13.8. The van der Waals surface area contributed by atoms with Crippen LogP contribution in [-0.2, 0) is 4.74 Å². The van der Waals surface area contributed by atoms with Crippen LogP contribution in [0.5, 0.6) is 0 Å². The lowest BCUT2D eigenvalue weighted by Crippen LogP contribution is -2.31. The standard InChI is InChI=1S/C11H21N7O/c1-7(8-5-4-6-19-8)13-9-14-10(17-12)16-11(15-9)18(2)3/h7-8H,4-6,12H2,1-3H3,(H2,13,14,15,16,17). The van der Waals surface area contributed by atoms with Crippen LogP contribution in [0, 0.1) is 0 Å². The summed E-state index contributed by atoms with van der Waals surface area (Å²) in [6.07, 6.45) is 2.36. The number of hydrogen-bond donors (Lipinski definition) is 3. The van der Waals surface area contributed by atoms with Gasteiger partial charge in [-0.1, -0.05) is 0 Å². The highest BCUT2D eigenvalue weighted by Crippen LogP contribution is 2.18. The van der Waals surface area contributed by atoms with Crippen molar-refractivity contribution in [3.8, 4) is 0 Å². The van der Waals surface area contributed by atoms with Crippen LogP contribution in [0.25, 0.3) is 0 Å². The van der Waals surface area contributed by atoms with Gasteiger partial charge in [0.2, 0.25) is 17.8 Å². The molecular weight excluding hydrogens is 246 g/mol. The molecule has 0 spiro atoms. The van der Waals surface area contributed by atoms with Crippen molar-refractivity contribution in [2.24, 2.45) is 5.84 Å². The zero-order valence-corrected chi connectivity index (χ0v) is 11.6. The van der Waals surface area contributed by atoms with E-state index in [2.05, 4.69) is 32.6 Å². The number of nitrogens with one attached hydrogen (secondary N) is 2. The van der Waals surface area contributed by atoms with Gasteiger partial charge in [-0.15, -0.1) is 0 Å². The zero-order valence-electron chi connectivity index (χ0n) is 11.6. The molecule has 1 fully saturated rings. The summed E-state index contributed by atoms with van der Waals surface area (Å²) >= 11 is 0. The van der Waals surface area contributed by atoms with E-state index in [0.717, 1.165) is 19.4 Å². The monoisotopic (exact) mass is 267 g/mol. The molecule has 2 heterocycles. The maximum atomic E-state index is 5.64. The second kappa shape index (κ2) is 5.98. The highest BCUT2D eigenvalue weighted by molar-refractivity contribution is 5.42. The highest BCUT2D eigenvalue weighted by atomic mass is 16.5. The van der Waals surface area contributed by atoms with E-state index in [-0.39, 0.29) is 12.1 Å². The smallest absolute Gasteiger partial charge is 0.243 e. The first-order valence-electron chi connectivity index (χ1n) is 6.38. The fourth-order valence-electron chi connectivity index (χ4n) is 1.99. The first-order valence-corrected chi connectivity index (χ1v) is 6.38. The number of hydrogen-bond acceptors (Lipinski definition) is 8. The molecule has 8 nitrogen and oxygen atoms in total. The van der Waals surface area contributed by atoms with Crippen LogP contribution in [0.15, 0.2) is 0 Å². The Morgan fingerprint density at radius 1 is 1.32 bits per heavy atom. The molecule has 0 amide bonds. The van der Waals surface area contributed by atoms with Gasteiger partial charge in [0.25, 0.3) is 0 Å². The van der Waals surface area contributed by atoms with Crippen molar-refractivity contribution in [1.82, 2.24) is 15.0 Å². The van der Waals surface area contributed by atoms with Gasteiger partial charge in [-0.2, -0.15) is 15.0 Å². The summed E-state index contributed by atoms with van der Waals surface area (Å²) in [6, 6.07) is 0.144. The van der Waals surface area contributed by atoms with Gasteiger partial charge < -0.3 is 15.0 Å². The van der Waals surface area contributed by atoms with Crippen molar-refractivity contribution >= 4 is 17.8 Å². The van der Waals surface area contributed by atoms with Gasteiger partial charge >= 0.3 is 0 Å². The third-order valence-corrected chi connectivity index (χ3v) is 3.03. The topological polar surface area (TPSA) is 101 Å². The average Bonchev–Trinajstić information content (AvgIpc) is 2.92. The van der Waals surface area contributed by atoms with Gasteiger partial charge in [-0.05, 0) is 19.8 Å². The van der Waals surface area contributed by atoms with Crippen LogP contribution in [0.1, 0.15) is 19.8 Å². The molecule has 1 aromatic rings. The van der Waals surface area contributed by atoms with Gasteiger partial charge in [0.15, 0.2) is 0 Å². The molecule has 2 rings (SSSR count). The maximum absolute atomic E-state index is 5.64. The maximum Gasteiger partial charge on any atom is 0.243 e. The van der Waals surface area contributed by atoms with Gasteiger partial charge in [-0.3, -0.25) is 5.43 Å². The predicted molar refractivity (Wildman–Crippen MR) is 74.0 cm³/mol. The Hall–Kier alpha value is -1.67. The Bertz CT molecular complexity index is 420. The van der Waals surface area contributed by atoms with Crippen molar-refractivity contribution in [3.05, 3.63) is 0 Å². The average molecular weight is 267 g/mol. The highest BCUT2D eigenvalue weighted by Gasteiger charge is 2.23. The minimum atomic E-state index is 0.144. The second-order valence-electron chi connectivity index (χ2n) is 4.81. The largest absolute Gasteiger partial charge is 0.376 e. The molecule has 1 aliphatic rings. The Morgan fingerprint density at radius 3 is 2.63 bits per heavy atom. The van der Waals surface area contributed by atoms with E-state index in [1.165, 1.54) is 0 Å². The first kappa shape index (κ1) is 13.8. The normalized spacial score (nSPS) is 20.1. The van der Waals surface area contributed by atoms with Crippen molar-refractivity contribution in [1.29, 1.82) is 0 Å². The molecular formula is C11H21N7O. The fraction of sp³-hybridized carbons (Fsp3) is 0.727. The molecule has 0 saturated carbocycles. The van der Waals surface area contributed by atoms with Crippen LogP contribution in [0.4, 0.5) is 17.8 Å². The summed E-state index contributed by atoms with van der Waals surface area (Å²) in [5.41, 5.74) is 2.45. The van der Waals surface area contributed by atoms with E-state index in [4.69, 9.17) is 10.6 Å². The molecule has 1 aliphatic heterocycles. The van der Waals surface area contributed by atoms with E-state index in [0.29, 0.717) is 17.8 Å². The van der Waals surface area contributed by atoms with Crippen molar-refractivity contribution in [3.63, 3.8) is 0 Å². The number of anilines is 3. The number of ether oxygens (including phenoxy) is 1. The Morgan fingerprint density at radius 2 is 2.05 bits per heavy atom. The van der Waals surface area contributed by atoms with Gasteiger partial charge in [0, 0.05) is 20.7 Å². The summed E-state index contributed by atoms with van der Waals surface area (Å²) in [7, 11) is 3.73. The van der Waals surface area contributed by atoms with E-state index < -0.39 is 0 Å². The fourth-order valence-corrected chi connectivity index (χ4v) is 1.99. The van der Waals surface area contributed by atoms with Crippen molar-refractivity contribution in [2.75, 3.05) is 36.3 Å². The lowest BCUT2D eigenvalue weighted by Gasteiger charge is -2.21. The van der Waals surface area contributed by atoms with Crippen LogP contribution in [0.3, 0.4) is 0 Å². The molecule has 0 bridgehead atoms. The predicted octanol–water partition coefficient (Wildman–Crippen LogP) is 0.203. The lowest BCUT2D eigenvalue weighted by molar-refractivity contribution is 0.0994.